The molecule has 0 spiro atoms. The van der Waals surface area contributed by atoms with E-state index in [2.05, 4.69) is 73.8 Å². The third-order valence-electron chi connectivity index (χ3n) is 8.77. The molecule has 0 bridgehead atoms. The van der Waals surface area contributed by atoms with Gasteiger partial charge in [0, 0.05) is 19.0 Å². The zero-order valence-electron chi connectivity index (χ0n) is 33.5. The number of nitrogens with zero attached hydrogens (tertiary/aromatic N) is 2. The highest BCUT2D eigenvalue weighted by atomic mass is 16.6. The third-order valence-corrected chi connectivity index (χ3v) is 8.77. The molecule has 0 aliphatic carbocycles. The Labute approximate surface area is 330 Å². The summed E-state index contributed by atoms with van der Waals surface area (Å²) in [4.78, 5) is 40.4. The number of allylic oxidation sites excluding steroid dienone is 11. The maximum atomic E-state index is 13.5. The minimum atomic E-state index is -0.441. The Morgan fingerprint density at radius 1 is 0.709 bits per heavy atom. The first-order chi connectivity index (χ1) is 26.8. The van der Waals surface area contributed by atoms with Gasteiger partial charge >= 0.3 is 11.9 Å². The molecule has 0 heterocycles. The summed E-state index contributed by atoms with van der Waals surface area (Å²) in [6.07, 6.45) is 33.1. The molecule has 294 valence electrons. The number of unbranched alkanes of at least 4 members (excludes halogenated alkanes) is 1. The maximum absolute atomic E-state index is 13.5. The number of benzene rings is 2. The topological polar surface area (TPSA) is 96.7 Å². The summed E-state index contributed by atoms with van der Waals surface area (Å²) in [5.74, 6) is -0.830. The lowest BCUT2D eigenvalue weighted by Crippen LogP contribution is -2.44. The molecule has 55 heavy (non-hydrogen) atoms. The van der Waals surface area contributed by atoms with Crippen LogP contribution in [0.4, 0.5) is 0 Å². The molecule has 7 nitrogen and oxygen atoms in total. The number of amides is 1. The lowest BCUT2D eigenvalue weighted by atomic mass is 9.96. The number of carbonyl (C=O) groups excluding carboxylic acids is 3. The SMILES string of the molecule is CC/C=C\C/C=C\C/C=C\C/C=C\C/C=C\C/C=C\CC(=O)OCCOC(=O)CC(C(C)C)N(Cc1ccc(-c2ccccc2C#N)cc1)C(=O)CCCC. The van der Waals surface area contributed by atoms with Gasteiger partial charge in [0.25, 0.3) is 0 Å². The van der Waals surface area contributed by atoms with Crippen LogP contribution in [0.3, 0.4) is 0 Å². The Bertz CT molecular complexity index is 1640. The van der Waals surface area contributed by atoms with E-state index in [1.807, 2.05) is 69.3 Å². The highest BCUT2D eigenvalue weighted by molar-refractivity contribution is 5.78. The van der Waals surface area contributed by atoms with Gasteiger partial charge < -0.3 is 14.4 Å². The van der Waals surface area contributed by atoms with Gasteiger partial charge in [-0.25, -0.2) is 0 Å². The third kappa shape index (κ3) is 20.2. The summed E-state index contributed by atoms with van der Waals surface area (Å²) in [6, 6.07) is 17.2. The van der Waals surface area contributed by atoms with Crippen molar-refractivity contribution in [3.8, 4) is 17.2 Å². The van der Waals surface area contributed by atoms with Crippen LogP contribution in [0.25, 0.3) is 11.1 Å². The van der Waals surface area contributed by atoms with E-state index in [1.165, 1.54) is 0 Å². The number of esters is 2. The fourth-order valence-electron chi connectivity index (χ4n) is 5.69. The molecule has 1 atom stereocenters. The van der Waals surface area contributed by atoms with Crippen molar-refractivity contribution in [3.63, 3.8) is 0 Å². The second-order valence-electron chi connectivity index (χ2n) is 13.6. The molecule has 0 saturated carbocycles. The first-order valence-electron chi connectivity index (χ1n) is 19.9. The molecule has 7 heteroatoms. The Kier molecular flexibility index (Phi) is 24.4. The highest BCUT2D eigenvalue weighted by Crippen LogP contribution is 2.26. The van der Waals surface area contributed by atoms with Crippen molar-refractivity contribution in [1.29, 1.82) is 5.26 Å². The number of hydrogen-bond donors (Lipinski definition) is 0. The Morgan fingerprint density at radius 2 is 1.24 bits per heavy atom. The van der Waals surface area contributed by atoms with E-state index in [0.717, 1.165) is 68.1 Å². The maximum Gasteiger partial charge on any atom is 0.309 e. The fraction of sp³-hybridized carbons (Fsp3) is 0.417. The number of rotatable bonds is 26. The second kappa shape index (κ2) is 29.2. The van der Waals surface area contributed by atoms with Crippen LogP contribution >= 0.6 is 0 Å². The van der Waals surface area contributed by atoms with Gasteiger partial charge in [0.15, 0.2) is 0 Å². The van der Waals surface area contributed by atoms with Gasteiger partial charge in [0.05, 0.1) is 24.5 Å². The monoisotopic (exact) mass is 746 g/mol. The minimum absolute atomic E-state index is 0.000807. The molecule has 2 aromatic rings. The van der Waals surface area contributed by atoms with E-state index in [4.69, 9.17) is 9.47 Å². The van der Waals surface area contributed by atoms with Gasteiger partial charge in [0.1, 0.15) is 13.2 Å². The molecule has 0 N–H and O–H groups in total. The summed E-state index contributed by atoms with van der Waals surface area (Å²) in [6.45, 7) is 8.46. The molecule has 2 aromatic carbocycles. The standard InChI is InChI=1S/C48H62N2O5/c1-5-7-9-10-11-12-13-14-15-16-17-18-19-20-21-22-23-24-30-47(52)54-35-36-55-48(53)37-45(40(3)4)50(46(51)29-8-6-2)39-41-31-33-42(34-32-41)44-28-26-25-27-43(44)38-49/h7,9,11-12,14-15,17-18,20-21,23-28,31-34,40,45H,5-6,8,10,13,16,19,22,29-30,35-37,39H2,1-4H3/b9-7-,12-11-,15-14-,18-17-,21-20-,24-23-. The van der Waals surface area contributed by atoms with E-state index in [1.54, 1.807) is 17.0 Å². The van der Waals surface area contributed by atoms with Crippen LogP contribution in [0.2, 0.25) is 0 Å². The zero-order chi connectivity index (χ0) is 39.9. The summed E-state index contributed by atoms with van der Waals surface area (Å²) in [7, 11) is 0. The van der Waals surface area contributed by atoms with Crippen LogP contribution in [0.5, 0.6) is 0 Å². The van der Waals surface area contributed by atoms with E-state index in [-0.39, 0.29) is 49.9 Å². The van der Waals surface area contributed by atoms with Crippen molar-refractivity contribution in [1.82, 2.24) is 4.90 Å². The highest BCUT2D eigenvalue weighted by Gasteiger charge is 2.29. The summed E-state index contributed by atoms with van der Waals surface area (Å²) >= 11 is 0. The quantitative estimate of drug-likeness (QED) is 0.0540. The minimum Gasteiger partial charge on any atom is -0.462 e. The van der Waals surface area contributed by atoms with E-state index >= 15 is 0 Å². The molecule has 0 aliphatic rings. The average molecular weight is 747 g/mol. The van der Waals surface area contributed by atoms with Crippen molar-refractivity contribution >= 4 is 17.8 Å². The van der Waals surface area contributed by atoms with E-state index in [9.17, 15) is 19.6 Å². The molecule has 0 aromatic heterocycles. The lowest BCUT2D eigenvalue weighted by molar-refractivity contribution is -0.153. The Balaban J connectivity index is 1.75. The second-order valence-corrected chi connectivity index (χ2v) is 13.6. The molecule has 0 radical (unpaired) electrons. The molecular formula is C48H62N2O5. The summed E-state index contributed by atoms with van der Waals surface area (Å²) in [5, 5.41) is 9.52. The molecule has 0 fully saturated rings. The predicted molar refractivity (Wildman–Crippen MR) is 225 cm³/mol. The van der Waals surface area contributed by atoms with Crippen LogP contribution < -0.4 is 0 Å². The molecule has 0 saturated heterocycles. The Hall–Kier alpha value is -5.22. The zero-order valence-corrected chi connectivity index (χ0v) is 33.5. The van der Waals surface area contributed by atoms with Gasteiger partial charge in [-0.15, -0.1) is 0 Å². The van der Waals surface area contributed by atoms with Gasteiger partial charge in [-0.2, -0.15) is 5.26 Å². The van der Waals surface area contributed by atoms with Crippen molar-refractivity contribution < 1.29 is 23.9 Å². The number of nitriles is 1. The van der Waals surface area contributed by atoms with Gasteiger partial charge in [0.2, 0.25) is 5.91 Å². The normalized spacial score (nSPS) is 12.5. The fourth-order valence-corrected chi connectivity index (χ4v) is 5.69. The number of hydrogen-bond acceptors (Lipinski definition) is 6. The smallest absolute Gasteiger partial charge is 0.309 e. The van der Waals surface area contributed by atoms with Crippen LogP contribution in [0.1, 0.15) is 109 Å². The van der Waals surface area contributed by atoms with Gasteiger partial charge in [-0.05, 0) is 73.6 Å². The van der Waals surface area contributed by atoms with Gasteiger partial charge in [-0.1, -0.05) is 149 Å². The predicted octanol–water partition coefficient (Wildman–Crippen LogP) is 11.3. The molecular weight excluding hydrogens is 685 g/mol. The van der Waals surface area contributed by atoms with Crippen LogP contribution in [0, 0.1) is 17.2 Å². The van der Waals surface area contributed by atoms with Crippen molar-refractivity contribution in [2.75, 3.05) is 13.2 Å². The van der Waals surface area contributed by atoms with Crippen molar-refractivity contribution in [3.05, 3.63) is 133 Å². The van der Waals surface area contributed by atoms with Crippen LogP contribution in [-0.2, 0) is 30.4 Å². The van der Waals surface area contributed by atoms with Crippen LogP contribution in [0.15, 0.2) is 121 Å². The average Bonchev–Trinajstić information content (AvgIpc) is 3.19. The van der Waals surface area contributed by atoms with Crippen molar-refractivity contribution in [2.45, 2.75) is 111 Å². The van der Waals surface area contributed by atoms with E-state index < -0.39 is 5.97 Å². The number of ether oxygens (including phenoxy) is 2. The Morgan fingerprint density at radius 3 is 1.76 bits per heavy atom. The molecule has 1 unspecified atom stereocenters. The summed E-state index contributed by atoms with van der Waals surface area (Å²) < 4.78 is 10.7. The first kappa shape index (κ1) is 45.9. The van der Waals surface area contributed by atoms with Crippen LogP contribution in [-0.4, -0.2) is 42.0 Å². The lowest BCUT2D eigenvalue weighted by Gasteiger charge is -2.34. The molecule has 2 rings (SSSR count). The number of carbonyl (C=O) groups is 3. The first-order valence-corrected chi connectivity index (χ1v) is 19.9. The summed E-state index contributed by atoms with van der Waals surface area (Å²) in [5.41, 5.74) is 3.31. The largest absolute Gasteiger partial charge is 0.462 e. The van der Waals surface area contributed by atoms with E-state index in [0.29, 0.717) is 18.5 Å². The van der Waals surface area contributed by atoms with Gasteiger partial charge in [-0.3, -0.25) is 14.4 Å². The molecule has 1 amide bonds. The van der Waals surface area contributed by atoms with Crippen molar-refractivity contribution in [2.24, 2.45) is 5.92 Å². The molecule has 0 aliphatic heterocycles.